The second-order valence-electron chi connectivity index (χ2n) is 3.48. The molecule has 1 aromatic rings. The van der Waals surface area contributed by atoms with E-state index in [-0.39, 0.29) is 12.5 Å². The van der Waals surface area contributed by atoms with Crippen LogP contribution in [0, 0.1) is 11.3 Å². The number of nitriles is 1. The van der Waals surface area contributed by atoms with Gasteiger partial charge in [-0.15, -0.1) is 0 Å². The molecule has 0 radical (unpaired) electrons. The van der Waals surface area contributed by atoms with Crippen LogP contribution >= 0.6 is 0 Å². The van der Waals surface area contributed by atoms with E-state index in [0.717, 1.165) is 0 Å². The molecule has 0 heterocycles. The number of anilines is 1. The largest absolute Gasteiger partial charge is 0.479 e. The summed E-state index contributed by atoms with van der Waals surface area (Å²) < 4.78 is 5.12. The number of carbonyl (C=O) groups is 1. The van der Waals surface area contributed by atoms with Gasteiger partial charge in [0, 0.05) is 11.8 Å². The average Bonchev–Trinajstić information content (AvgIpc) is 2.35. The Bertz CT molecular complexity index is 426. The minimum atomic E-state index is -0.515. The number of ether oxygens (including phenoxy) is 1. The van der Waals surface area contributed by atoms with Crippen LogP contribution in [0.15, 0.2) is 24.3 Å². The molecule has 1 aromatic carbocycles. The van der Waals surface area contributed by atoms with E-state index in [2.05, 4.69) is 5.32 Å². The van der Waals surface area contributed by atoms with E-state index < -0.39 is 6.04 Å². The van der Waals surface area contributed by atoms with E-state index in [1.54, 1.807) is 24.3 Å². The Hall–Kier alpha value is -2.06. The Balaban J connectivity index is 2.66. The molecule has 1 unspecified atom stereocenters. The van der Waals surface area contributed by atoms with Gasteiger partial charge in [-0.3, -0.25) is 4.79 Å². The molecule has 5 nitrogen and oxygen atoms in total. The number of carbonyl (C=O) groups excluding carboxylic acids is 1. The molecule has 1 rings (SSSR count). The van der Waals surface area contributed by atoms with Crippen LogP contribution in [0.3, 0.4) is 0 Å². The first-order valence-corrected chi connectivity index (χ1v) is 5.33. The number of hydrogen-bond acceptors (Lipinski definition) is 4. The lowest BCUT2D eigenvalue weighted by Crippen LogP contribution is -2.34. The molecule has 0 aliphatic heterocycles. The third-order valence-electron chi connectivity index (χ3n) is 2.18. The smallest absolute Gasteiger partial charge is 0.241 e. The van der Waals surface area contributed by atoms with E-state index in [9.17, 15) is 4.79 Å². The maximum atomic E-state index is 11.5. The van der Waals surface area contributed by atoms with Gasteiger partial charge in [0.15, 0.2) is 6.61 Å². The molecule has 0 spiro atoms. The van der Waals surface area contributed by atoms with Crippen LogP contribution in [0.5, 0.6) is 5.75 Å². The molecular formula is C12H15N3O2. The highest BCUT2D eigenvalue weighted by Crippen LogP contribution is 2.17. The van der Waals surface area contributed by atoms with Crippen molar-refractivity contribution in [2.45, 2.75) is 19.4 Å². The maximum absolute atomic E-state index is 11.5. The molecule has 1 atom stereocenters. The molecule has 0 saturated carbocycles. The maximum Gasteiger partial charge on any atom is 0.241 e. The molecule has 1 amide bonds. The monoisotopic (exact) mass is 233 g/mol. The lowest BCUT2D eigenvalue weighted by Gasteiger charge is -2.10. The van der Waals surface area contributed by atoms with E-state index in [1.807, 2.05) is 13.0 Å². The highest BCUT2D eigenvalue weighted by atomic mass is 16.5. The first kappa shape index (κ1) is 13.0. The number of hydrogen-bond donors (Lipinski definition) is 2. The van der Waals surface area contributed by atoms with Gasteiger partial charge in [0.2, 0.25) is 5.91 Å². The van der Waals surface area contributed by atoms with E-state index in [4.69, 9.17) is 15.7 Å². The van der Waals surface area contributed by atoms with Gasteiger partial charge in [-0.2, -0.15) is 5.26 Å². The number of nitrogens with two attached hydrogens (primary N) is 1. The molecule has 0 aliphatic carbocycles. The summed E-state index contributed by atoms with van der Waals surface area (Å²) in [5.41, 5.74) is 6.20. The van der Waals surface area contributed by atoms with Gasteiger partial charge in [-0.05, 0) is 18.6 Å². The second-order valence-corrected chi connectivity index (χ2v) is 3.48. The number of nitrogens with one attached hydrogen (secondary N) is 1. The van der Waals surface area contributed by atoms with E-state index in [0.29, 0.717) is 17.9 Å². The van der Waals surface area contributed by atoms with E-state index >= 15 is 0 Å². The molecule has 3 N–H and O–H groups in total. The fraction of sp³-hybridized carbons (Fsp3) is 0.333. The van der Waals surface area contributed by atoms with Crippen molar-refractivity contribution in [3.05, 3.63) is 24.3 Å². The first-order valence-electron chi connectivity index (χ1n) is 5.33. The van der Waals surface area contributed by atoms with Gasteiger partial charge >= 0.3 is 0 Å². The van der Waals surface area contributed by atoms with Crippen molar-refractivity contribution in [3.63, 3.8) is 0 Å². The Labute approximate surface area is 100 Å². The highest BCUT2D eigenvalue weighted by molar-refractivity contribution is 5.94. The van der Waals surface area contributed by atoms with Crippen molar-refractivity contribution >= 4 is 11.6 Å². The molecule has 17 heavy (non-hydrogen) atoms. The van der Waals surface area contributed by atoms with Crippen molar-refractivity contribution in [2.24, 2.45) is 5.73 Å². The van der Waals surface area contributed by atoms with Crippen LogP contribution in [0.2, 0.25) is 0 Å². The summed E-state index contributed by atoms with van der Waals surface area (Å²) in [5, 5.41) is 11.1. The summed E-state index contributed by atoms with van der Waals surface area (Å²) in [6, 6.07) is 8.20. The molecule has 90 valence electrons. The fourth-order valence-corrected chi connectivity index (χ4v) is 1.20. The summed E-state index contributed by atoms with van der Waals surface area (Å²) in [4.78, 5) is 11.5. The SMILES string of the molecule is CCC(N)C(=O)Nc1cccc(OCC#N)c1. The van der Waals surface area contributed by atoms with Crippen LogP contribution in [-0.4, -0.2) is 18.6 Å². The van der Waals surface area contributed by atoms with Crippen LogP contribution in [0.25, 0.3) is 0 Å². The normalized spacial score (nSPS) is 11.4. The number of benzene rings is 1. The Morgan fingerprint density at radius 3 is 3.06 bits per heavy atom. The minimum Gasteiger partial charge on any atom is -0.479 e. The molecule has 5 heteroatoms. The van der Waals surface area contributed by atoms with Crippen LogP contribution in [-0.2, 0) is 4.79 Å². The van der Waals surface area contributed by atoms with Crippen molar-refractivity contribution in [3.8, 4) is 11.8 Å². The topological polar surface area (TPSA) is 88.1 Å². The predicted octanol–water partition coefficient (Wildman–Crippen LogP) is 1.26. The summed E-state index contributed by atoms with van der Waals surface area (Å²) in [6.45, 7) is 1.82. The van der Waals surface area contributed by atoms with E-state index in [1.165, 1.54) is 0 Å². The van der Waals surface area contributed by atoms with Gasteiger partial charge in [0.25, 0.3) is 0 Å². The highest BCUT2D eigenvalue weighted by Gasteiger charge is 2.10. The third kappa shape index (κ3) is 4.13. The molecular weight excluding hydrogens is 218 g/mol. The lowest BCUT2D eigenvalue weighted by molar-refractivity contribution is -0.117. The zero-order chi connectivity index (χ0) is 12.7. The van der Waals surface area contributed by atoms with Crippen molar-refractivity contribution in [1.82, 2.24) is 0 Å². The van der Waals surface area contributed by atoms with Crippen LogP contribution < -0.4 is 15.8 Å². The quantitative estimate of drug-likeness (QED) is 0.801. The number of amides is 1. The lowest BCUT2D eigenvalue weighted by atomic mass is 10.2. The van der Waals surface area contributed by atoms with Crippen molar-refractivity contribution in [1.29, 1.82) is 5.26 Å². The number of rotatable bonds is 5. The molecule has 0 fully saturated rings. The third-order valence-corrected chi connectivity index (χ3v) is 2.18. The standard InChI is InChI=1S/C12H15N3O2/c1-2-11(14)12(16)15-9-4-3-5-10(8-9)17-7-6-13/h3-5,8,11H,2,7,14H2,1H3,(H,15,16). The Morgan fingerprint density at radius 1 is 1.65 bits per heavy atom. The van der Waals surface area contributed by atoms with Gasteiger partial charge in [-0.25, -0.2) is 0 Å². The summed E-state index contributed by atoms with van der Waals surface area (Å²) in [7, 11) is 0. The number of nitrogens with zero attached hydrogens (tertiary/aromatic N) is 1. The van der Waals surface area contributed by atoms with Crippen molar-refractivity contribution in [2.75, 3.05) is 11.9 Å². The fourth-order valence-electron chi connectivity index (χ4n) is 1.20. The summed E-state index contributed by atoms with van der Waals surface area (Å²) in [5.74, 6) is 0.305. The molecule has 0 aromatic heterocycles. The van der Waals surface area contributed by atoms with Crippen LogP contribution in [0.4, 0.5) is 5.69 Å². The Kier molecular flexibility index (Phi) is 4.98. The van der Waals surface area contributed by atoms with Gasteiger partial charge in [0.05, 0.1) is 6.04 Å². The van der Waals surface area contributed by atoms with Crippen molar-refractivity contribution < 1.29 is 9.53 Å². The first-order chi connectivity index (χ1) is 8.17. The zero-order valence-corrected chi connectivity index (χ0v) is 9.64. The van der Waals surface area contributed by atoms with Crippen LogP contribution in [0.1, 0.15) is 13.3 Å². The second kappa shape index (κ2) is 6.51. The summed E-state index contributed by atoms with van der Waals surface area (Å²) >= 11 is 0. The zero-order valence-electron chi connectivity index (χ0n) is 9.64. The minimum absolute atomic E-state index is 0.0220. The van der Waals surface area contributed by atoms with Gasteiger partial charge < -0.3 is 15.8 Å². The molecule has 0 saturated heterocycles. The summed E-state index contributed by atoms with van der Waals surface area (Å²) in [6.07, 6.45) is 0.580. The Morgan fingerprint density at radius 2 is 2.41 bits per heavy atom. The predicted molar refractivity (Wildman–Crippen MR) is 64.4 cm³/mol. The molecule has 0 bridgehead atoms. The van der Waals surface area contributed by atoms with Gasteiger partial charge in [-0.1, -0.05) is 13.0 Å². The van der Waals surface area contributed by atoms with Gasteiger partial charge in [0.1, 0.15) is 11.8 Å². The molecule has 0 aliphatic rings. The average molecular weight is 233 g/mol.